The van der Waals surface area contributed by atoms with Gasteiger partial charge in [0.2, 0.25) is 0 Å². The van der Waals surface area contributed by atoms with E-state index < -0.39 is 5.97 Å². The van der Waals surface area contributed by atoms with Gasteiger partial charge in [0, 0.05) is 6.04 Å². The van der Waals surface area contributed by atoms with Crippen molar-refractivity contribution in [2.75, 3.05) is 6.54 Å². The minimum absolute atomic E-state index is 0.163. The van der Waals surface area contributed by atoms with Crippen LogP contribution in [0.2, 0.25) is 0 Å². The second kappa shape index (κ2) is 5.97. The summed E-state index contributed by atoms with van der Waals surface area (Å²) in [4.78, 5) is 24.2. The van der Waals surface area contributed by atoms with Gasteiger partial charge in [-0.1, -0.05) is 0 Å². The molecule has 1 aromatic heterocycles. The van der Waals surface area contributed by atoms with E-state index in [4.69, 9.17) is 5.11 Å². The van der Waals surface area contributed by atoms with Gasteiger partial charge in [0.1, 0.15) is 6.54 Å². The second-order valence-corrected chi connectivity index (χ2v) is 7.41. The van der Waals surface area contributed by atoms with Gasteiger partial charge in [0.15, 0.2) is 0 Å². The van der Waals surface area contributed by atoms with Crippen molar-refractivity contribution < 1.29 is 14.7 Å². The van der Waals surface area contributed by atoms with Crippen LogP contribution >= 0.6 is 43.2 Å². The summed E-state index contributed by atoms with van der Waals surface area (Å²) in [5.74, 6) is -1.30. The Morgan fingerprint density at radius 3 is 2.41 bits per heavy atom. The Labute approximate surface area is 120 Å². The van der Waals surface area contributed by atoms with E-state index in [0.29, 0.717) is 9.35 Å². The molecule has 0 unspecified atom stereocenters. The quantitative estimate of drug-likeness (QED) is 0.866. The lowest BCUT2D eigenvalue weighted by Gasteiger charge is -2.24. The SMILES string of the molecule is CC(C)N(CC(=O)O)C(=O)c1cc(Br)sc1Br. The number of carboxylic acid groups (broad SMARTS) is 1. The zero-order chi connectivity index (χ0) is 13.2. The minimum atomic E-state index is -1.02. The van der Waals surface area contributed by atoms with E-state index in [1.807, 2.05) is 0 Å². The molecular formula is C10H11Br2NO3S. The molecule has 1 rings (SSSR count). The molecule has 0 saturated heterocycles. The van der Waals surface area contributed by atoms with E-state index >= 15 is 0 Å². The van der Waals surface area contributed by atoms with Crippen LogP contribution in [-0.2, 0) is 4.79 Å². The van der Waals surface area contributed by atoms with Crippen molar-refractivity contribution in [3.63, 3.8) is 0 Å². The van der Waals surface area contributed by atoms with Crippen LogP contribution in [0.1, 0.15) is 24.2 Å². The molecule has 0 aliphatic rings. The molecule has 0 fully saturated rings. The highest BCUT2D eigenvalue weighted by molar-refractivity contribution is 9.12. The molecule has 1 amide bonds. The molecule has 1 heterocycles. The predicted molar refractivity (Wildman–Crippen MR) is 73.5 cm³/mol. The van der Waals surface area contributed by atoms with Crippen LogP contribution in [0.15, 0.2) is 13.6 Å². The summed E-state index contributed by atoms with van der Waals surface area (Å²) in [6, 6.07) is 1.53. The Bertz CT molecular complexity index is 445. The minimum Gasteiger partial charge on any atom is -0.480 e. The largest absolute Gasteiger partial charge is 0.480 e. The lowest BCUT2D eigenvalue weighted by Crippen LogP contribution is -2.40. The predicted octanol–water partition coefficient (Wildman–Crippen LogP) is 3.21. The Hall–Kier alpha value is -0.400. The average molecular weight is 385 g/mol. The summed E-state index contributed by atoms with van der Waals surface area (Å²) in [6.45, 7) is 3.28. The van der Waals surface area contributed by atoms with E-state index in [-0.39, 0.29) is 18.5 Å². The van der Waals surface area contributed by atoms with Gasteiger partial charge >= 0.3 is 5.97 Å². The summed E-state index contributed by atoms with van der Waals surface area (Å²) in [5, 5.41) is 8.79. The molecule has 0 aliphatic carbocycles. The maximum Gasteiger partial charge on any atom is 0.323 e. The summed E-state index contributed by atoms with van der Waals surface area (Å²) < 4.78 is 1.53. The normalized spacial score (nSPS) is 10.6. The number of aliphatic carboxylic acids is 1. The van der Waals surface area contributed by atoms with Crippen LogP contribution in [0.25, 0.3) is 0 Å². The first kappa shape index (κ1) is 14.7. The number of amides is 1. The van der Waals surface area contributed by atoms with Crippen molar-refractivity contribution in [1.82, 2.24) is 4.90 Å². The fourth-order valence-electron chi connectivity index (χ4n) is 1.28. The fraction of sp³-hybridized carbons (Fsp3) is 0.400. The fourth-order valence-corrected chi connectivity index (χ4v) is 4.05. The highest BCUT2D eigenvalue weighted by Crippen LogP contribution is 2.32. The molecule has 0 bridgehead atoms. The van der Waals surface area contributed by atoms with E-state index in [9.17, 15) is 9.59 Å². The number of nitrogens with zero attached hydrogens (tertiary/aromatic N) is 1. The lowest BCUT2D eigenvalue weighted by atomic mass is 10.2. The molecule has 0 aliphatic heterocycles. The van der Waals surface area contributed by atoms with Gasteiger partial charge in [-0.15, -0.1) is 11.3 Å². The number of thiophene rings is 1. The first-order chi connectivity index (χ1) is 7.82. The van der Waals surface area contributed by atoms with Crippen molar-refractivity contribution in [2.45, 2.75) is 19.9 Å². The number of halogens is 2. The van der Waals surface area contributed by atoms with Gasteiger partial charge < -0.3 is 10.0 Å². The Kier molecular flexibility index (Phi) is 5.15. The van der Waals surface area contributed by atoms with Crippen molar-refractivity contribution in [2.24, 2.45) is 0 Å². The third-order valence-corrected chi connectivity index (χ3v) is 4.42. The Balaban J connectivity index is 2.99. The molecule has 1 N–H and O–H groups in total. The zero-order valence-corrected chi connectivity index (χ0v) is 13.2. The van der Waals surface area contributed by atoms with E-state index in [1.54, 1.807) is 19.9 Å². The van der Waals surface area contributed by atoms with Crippen LogP contribution in [0.3, 0.4) is 0 Å². The van der Waals surface area contributed by atoms with E-state index in [1.165, 1.54) is 16.2 Å². The van der Waals surface area contributed by atoms with Crippen LogP contribution in [-0.4, -0.2) is 34.5 Å². The van der Waals surface area contributed by atoms with Crippen LogP contribution in [0.5, 0.6) is 0 Å². The third kappa shape index (κ3) is 3.79. The molecular weight excluding hydrogens is 374 g/mol. The average Bonchev–Trinajstić information content (AvgIpc) is 2.52. The molecule has 7 heteroatoms. The zero-order valence-electron chi connectivity index (χ0n) is 9.24. The molecule has 0 spiro atoms. The Morgan fingerprint density at radius 1 is 1.47 bits per heavy atom. The summed E-state index contributed by atoms with van der Waals surface area (Å²) in [5.41, 5.74) is 0.483. The van der Waals surface area contributed by atoms with Gasteiger partial charge in [-0.05, 0) is 51.8 Å². The number of hydrogen-bond acceptors (Lipinski definition) is 3. The molecule has 0 saturated carbocycles. The summed E-state index contributed by atoms with van der Waals surface area (Å²) in [7, 11) is 0. The summed E-state index contributed by atoms with van der Waals surface area (Å²) in [6.07, 6.45) is 0. The molecule has 17 heavy (non-hydrogen) atoms. The highest BCUT2D eigenvalue weighted by atomic mass is 79.9. The van der Waals surface area contributed by atoms with E-state index in [2.05, 4.69) is 31.9 Å². The number of rotatable bonds is 4. The summed E-state index contributed by atoms with van der Waals surface area (Å²) >= 11 is 7.97. The second-order valence-electron chi connectivity index (χ2n) is 3.66. The first-order valence-corrected chi connectivity index (χ1v) is 7.20. The molecule has 0 atom stereocenters. The highest BCUT2D eigenvalue weighted by Gasteiger charge is 2.24. The number of hydrogen-bond donors (Lipinski definition) is 1. The Morgan fingerprint density at radius 2 is 2.06 bits per heavy atom. The van der Waals surface area contributed by atoms with Gasteiger partial charge in [-0.2, -0.15) is 0 Å². The van der Waals surface area contributed by atoms with Crippen molar-refractivity contribution in [1.29, 1.82) is 0 Å². The molecule has 4 nitrogen and oxygen atoms in total. The van der Waals surface area contributed by atoms with Gasteiger partial charge in [-0.25, -0.2) is 0 Å². The topological polar surface area (TPSA) is 57.6 Å². The molecule has 1 aromatic rings. The van der Waals surface area contributed by atoms with Gasteiger partial charge in [0.05, 0.1) is 13.1 Å². The van der Waals surface area contributed by atoms with Crippen molar-refractivity contribution in [3.8, 4) is 0 Å². The smallest absolute Gasteiger partial charge is 0.323 e. The van der Waals surface area contributed by atoms with Crippen LogP contribution in [0, 0.1) is 0 Å². The first-order valence-electron chi connectivity index (χ1n) is 4.80. The third-order valence-electron chi connectivity index (χ3n) is 2.08. The van der Waals surface area contributed by atoms with E-state index in [0.717, 1.165) is 3.79 Å². The van der Waals surface area contributed by atoms with Crippen molar-refractivity contribution in [3.05, 3.63) is 19.2 Å². The van der Waals surface area contributed by atoms with Gasteiger partial charge in [-0.3, -0.25) is 9.59 Å². The van der Waals surface area contributed by atoms with Crippen LogP contribution in [0.4, 0.5) is 0 Å². The number of carbonyl (C=O) groups excluding carboxylic acids is 1. The maximum atomic E-state index is 12.2. The van der Waals surface area contributed by atoms with Gasteiger partial charge in [0.25, 0.3) is 5.91 Å². The van der Waals surface area contributed by atoms with Crippen molar-refractivity contribution >= 4 is 55.1 Å². The maximum absolute atomic E-state index is 12.2. The lowest BCUT2D eigenvalue weighted by molar-refractivity contribution is -0.138. The monoisotopic (exact) mass is 383 g/mol. The molecule has 0 radical (unpaired) electrons. The molecule has 94 valence electrons. The molecule has 0 aromatic carbocycles. The standard InChI is InChI=1S/C10H11Br2NO3S/c1-5(2)13(4-8(14)15)10(16)6-3-7(11)17-9(6)12/h3,5H,4H2,1-2H3,(H,14,15). The number of carbonyl (C=O) groups is 2. The van der Waals surface area contributed by atoms with Crippen LogP contribution < -0.4 is 0 Å². The number of carboxylic acids is 1.